The number of carbonyl (C=O) groups excluding carboxylic acids is 2. The molecule has 0 unspecified atom stereocenters. The summed E-state index contributed by atoms with van der Waals surface area (Å²) in [6, 6.07) is -2.05. The van der Waals surface area contributed by atoms with Crippen LogP contribution in [0.25, 0.3) is 0 Å². The van der Waals surface area contributed by atoms with E-state index in [-0.39, 0.29) is 19.1 Å². The third kappa shape index (κ3) is 5.09. The summed E-state index contributed by atoms with van der Waals surface area (Å²) < 4.78 is 5.00. The lowest BCUT2D eigenvalue weighted by Crippen LogP contribution is -2.57. The van der Waals surface area contributed by atoms with Gasteiger partial charge in [-0.2, -0.15) is 0 Å². The molecular weight excluding hydrogens is 304 g/mol. The van der Waals surface area contributed by atoms with E-state index in [0.29, 0.717) is 0 Å². The number of aliphatic carboxylic acids is 1. The van der Waals surface area contributed by atoms with E-state index >= 15 is 0 Å². The van der Waals surface area contributed by atoms with Crippen molar-refractivity contribution in [2.24, 2.45) is 5.41 Å². The molecule has 1 heterocycles. The molecule has 0 aliphatic carbocycles. The number of aliphatic hydroxyl groups excluding tert-OH is 1. The lowest BCUT2D eigenvalue weighted by molar-refractivity contribution is -0.150. The maximum absolute atomic E-state index is 12.8. The molecule has 3 N–H and O–H groups in total. The van der Waals surface area contributed by atoms with E-state index in [1.807, 2.05) is 0 Å². The molecule has 1 saturated heterocycles. The Morgan fingerprint density at radius 2 is 1.83 bits per heavy atom. The monoisotopic (exact) mass is 330 g/mol. The molecule has 132 valence electrons. The van der Waals surface area contributed by atoms with Crippen LogP contribution in [0.2, 0.25) is 0 Å². The predicted molar refractivity (Wildman–Crippen MR) is 81.8 cm³/mol. The first kappa shape index (κ1) is 19.2. The van der Waals surface area contributed by atoms with Gasteiger partial charge in [-0.1, -0.05) is 20.8 Å². The van der Waals surface area contributed by atoms with Crippen molar-refractivity contribution < 1.29 is 29.3 Å². The quantitative estimate of drug-likeness (QED) is 0.694. The topological polar surface area (TPSA) is 116 Å². The van der Waals surface area contributed by atoms with Gasteiger partial charge >= 0.3 is 12.1 Å². The van der Waals surface area contributed by atoms with E-state index in [0.717, 1.165) is 4.90 Å². The third-order valence-corrected chi connectivity index (χ3v) is 3.57. The first-order valence-electron chi connectivity index (χ1n) is 7.62. The second kappa shape index (κ2) is 7.16. The number of hydrogen-bond donors (Lipinski definition) is 3. The fourth-order valence-corrected chi connectivity index (χ4v) is 2.47. The molecule has 0 spiro atoms. The Labute approximate surface area is 135 Å². The summed E-state index contributed by atoms with van der Waals surface area (Å²) in [5.74, 6) is -1.71. The van der Waals surface area contributed by atoms with Gasteiger partial charge in [-0.3, -0.25) is 4.79 Å². The summed E-state index contributed by atoms with van der Waals surface area (Å²) in [5.41, 5.74) is -0.649. The number of nitrogens with zero attached hydrogens (tertiary/aromatic N) is 1. The van der Waals surface area contributed by atoms with Crippen molar-refractivity contribution in [3.8, 4) is 0 Å². The zero-order valence-electron chi connectivity index (χ0n) is 14.2. The molecule has 0 aromatic carbocycles. The van der Waals surface area contributed by atoms with Crippen LogP contribution in [0, 0.1) is 5.41 Å². The SMILES string of the molecule is CC(C)OC(=O)N[C@H](C(=O)N1C[C@H](O)C[C@H]1C(=O)O)C(C)(C)C. The molecular formula is C15H26N2O6. The molecule has 1 aliphatic heterocycles. The van der Waals surface area contributed by atoms with Crippen molar-refractivity contribution in [3.63, 3.8) is 0 Å². The maximum atomic E-state index is 12.8. The largest absolute Gasteiger partial charge is 0.480 e. The average molecular weight is 330 g/mol. The van der Waals surface area contributed by atoms with E-state index in [4.69, 9.17) is 4.74 Å². The van der Waals surface area contributed by atoms with Gasteiger partial charge in [-0.05, 0) is 19.3 Å². The van der Waals surface area contributed by atoms with Crippen LogP contribution in [0.1, 0.15) is 41.0 Å². The number of hydrogen-bond acceptors (Lipinski definition) is 5. The van der Waals surface area contributed by atoms with Gasteiger partial charge in [-0.25, -0.2) is 9.59 Å². The lowest BCUT2D eigenvalue weighted by atomic mass is 9.85. The van der Waals surface area contributed by atoms with Crippen LogP contribution in [-0.2, 0) is 14.3 Å². The summed E-state index contributed by atoms with van der Waals surface area (Å²) in [5, 5.41) is 21.4. The van der Waals surface area contributed by atoms with Gasteiger partial charge in [0.2, 0.25) is 5.91 Å². The van der Waals surface area contributed by atoms with E-state index in [1.54, 1.807) is 34.6 Å². The van der Waals surface area contributed by atoms with Crippen molar-refractivity contribution in [2.75, 3.05) is 6.54 Å². The minimum atomic E-state index is -1.17. The van der Waals surface area contributed by atoms with Crippen LogP contribution >= 0.6 is 0 Å². The molecule has 0 aromatic rings. The molecule has 0 bridgehead atoms. The van der Waals surface area contributed by atoms with Crippen LogP contribution in [0.15, 0.2) is 0 Å². The Balaban J connectivity index is 2.96. The highest BCUT2D eigenvalue weighted by Crippen LogP contribution is 2.26. The predicted octanol–water partition coefficient (Wildman–Crippen LogP) is 0.582. The Morgan fingerprint density at radius 3 is 2.26 bits per heavy atom. The fraction of sp³-hybridized carbons (Fsp3) is 0.800. The Kier molecular flexibility index (Phi) is 5.98. The van der Waals surface area contributed by atoms with Crippen LogP contribution in [0.5, 0.6) is 0 Å². The first-order chi connectivity index (χ1) is 10.4. The van der Waals surface area contributed by atoms with E-state index in [9.17, 15) is 24.6 Å². The molecule has 0 aromatic heterocycles. The van der Waals surface area contributed by atoms with Gasteiger partial charge in [-0.15, -0.1) is 0 Å². The van der Waals surface area contributed by atoms with Gasteiger partial charge in [0.1, 0.15) is 12.1 Å². The van der Waals surface area contributed by atoms with Crippen molar-refractivity contribution >= 4 is 18.0 Å². The normalized spacial score (nSPS) is 22.8. The molecule has 1 aliphatic rings. The maximum Gasteiger partial charge on any atom is 0.408 e. The smallest absolute Gasteiger partial charge is 0.408 e. The van der Waals surface area contributed by atoms with Crippen molar-refractivity contribution in [2.45, 2.75) is 65.3 Å². The molecule has 2 amide bonds. The van der Waals surface area contributed by atoms with Gasteiger partial charge in [0.05, 0.1) is 12.2 Å². The number of aliphatic hydroxyl groups is 1. The van der Waals surface area contributed by atoms with Crippen molar-refractivity contribution in [3.05, 3.63) is 0 Å². The number of alkyl carbamates (subject to hydrolysis) is 1. The zero-order valence-corrected chi connectivity index (χ0v) is 14.2. The molecule has 3 atom stereocenters. The van der Waals surface area contributed by atoms with Crippen LogP contribution in [0.3, 0.4) is 0 Å². The molecule has 8 nitrogen and oxygen atoms in total. The number of carboxylic acids is 1. The number of carbonyl (C=O) groups is 3. The van der Waals surface area contributed by atoms with Gasteiger partial charge in [0.25, 0.3) is 0 Å². The first-order valence-corrected chi connectivity index (χ1v) is 7.62. The highest BCUT2D eigenvalue weighted by atomic mass is 16.6. The number of rotatable bonds is 4. The van der Waals surface area contributed by atoms with Crippen molar-refractivity contribution in [1.29, 1.82) is 0 Å². The number of nitrogens with one attached hydrogen (secondary N) is 1. The second-order valence-corrected chi connectivity index (χ2v) is 7.13. The number of ether oxygens (including phenoxy) is 1. The number of carboxylic acid groups (broad SMARTS) is 1. The van der Waals surface area contributed by atoms with Crippen molar-refractivity contribution in [1.82, 2.24) is 10.2 Å². The minimum absolute atomic E-state index is 0.0195. The van der Waals surface area contributed by atoms with Crippen LogP contribution < -0.4 is 5.32 Å². The summed E-state index contributed by atoms with van der Waals surface area (Å²) >= 11 is 0. The fourth-order valence-electron chi connectivity index (χ4n) is 2.47. The average Bonchev–Trinajstić information content (AvgIpc) is 2.75. The zero-order chi connectivity index (χ0) is 17.9. The second-order valence-electron chi connectivity index (χ2n) is 7.13. The molecule has 8 heteroatoms. The molecule has 0 radical (unpaired) electrons. The van der Waals surface area contributed by atoms with E-state index < -0.39 is 41.6 Å². The minimum Gasteiger partial charge on any atom is -0.480 e. The summed E-state index contributed by atoms with van der Waals surface area (Å²) in [6.07, 6.45) is -1.98. The van der Waals surface area contributed by atoms with Gasteiger partial charge < -0.3 is 25.2 Å². The van der Waals surface area contributed by atoms with E-state index in [2.05, 4.69) is 5.32 Å². The Morgan fingerprint density at radius 1 is 1.26 bits per heavy atom. The van der Waals surface area contributed by atoms with Gasteiger partial charge in [0, 0.05) is 13.0 Å². The standard InChI is InChI=1S/C15H26N2O6/c1-8(2)23-14(22)16-11(15(3,4)5)12(19)17-7-9(18)6-10(17)13(20)21/h8-11,18H,6-7H2,1-5H3,(H,16,22)(H,20,21)/t9-,10+,11-/m1/s1. The number of β-amino-alcohol motifs (C(OH)–C–C–N with tert-alkyl or cyclic N) is 1. The van der Waals surface area contributed by atoms with Crippen LogP contribution in [-0.4, -0.2) is 63.9 Å². The lowest BCUT2D eigenvalue weighted by Gasteiger charge is -2.34. The summed E-state index contributed by atoms with van der Waals surface area (Å²) in [6.45, 7) is 8.58. The summed E-state index contributed by atoms with van der Waals surface area (Å²) in [4.78, 5) is 37.0. The third-order valence-electron chi connectivity index (χ3n) is 3.57. The molecule has 0 saturated carbocycles. The van der Waals surface area contributed by atoms with Gasteiger partial charge in [0.15, 0.2) is 0 Å². The molecule has 1 fully saturated rings. The molecule has 23 heavy (non-hydrogen) atoms. The summed E-state index contributed by atoms with van der Waals surface area (Å²) in [7, 11) is 0. The number of amides is 2. The number of likely N-dealkylation sites (tertiary alicyclic amines) is 1. The highest BCUT2D eigenvalue weighted by Gasteiger charge is 2.44. The highest BCUT2D eigenvalue weighted by molar-refractivity contribution is 5.90. The Bertz CT molecular complexity index is 471. The van der Waals surface area contributed by atoms with E-state index in [1.165, 1.54) is 0 Å². The molecule has 1 rings (SSSR count). The Hall–Kier alpha value is -1.83. The van der Waals surface area contributed by atoms with Crippen LogP contribution in [0.4, 0.5) is 4.79 Å².